The summed E-state index contributed by atoms with van der Waals surface area (Å²) in [5.74, 6) is 0. The Morgan fingerprint density at radius 1 is 1.20 bits per heavy atom. The lowest BCUT2D eigenvalue weighted by Gasteiger charge is -2.07. The van der Waals surface area contributed by atoms with Gasteiger partial charge in [-0.3, -0.25) is 0 Å². The third-order valence-corrected chi connectivity index (χ3v) is 1.83. The lowest BCUT2D eigenvalue weighted by atomic mass is 10.1. The first-order valence-corrected chi connectivity index (χ1v) is 4.31. The van der Waals surface area contributed by atoms with Gasteiger partial charge in [0.05, 0.1) is 0 Å². The van der Waals surface area contributed by atoms with Gasteiger partial charge in [0, 0.05) is 6.04 Å². The molecule has 1 nitrogen and oxygen atoms in total. The molecule has 1 N–H and O–H groups in total. The summed E-state index contributed by atoms with van der Waals surface area (Å²) < 4.78 is 0. The van der Waals surface area contributed by atoms with Crippen molar-refractivity contribution in [1.29, 1.82) is 0 Å². The first kappa shape index (κ1) is 9.96. The normalized spacial score (nSPS) is 10.8. The van der Waals surface area contributed by atoms with Crippen LogP contribution in [0.4, 0.5) is 0 Å². The minimum absolute atomic E-state index is 1.25. The first-order chi connectivity index (χ1) is 4.81. The van der Waals surface area contributed by atoms with E-state index >= 15 is 0 Å². The van der Waals surface area contributed by atoms with Crippen LogP contribution in [-0.2, 0) is 0 Å². The average Bonchev–Trinajstić information content (AvgIpc) is 1.98. The molecule has 0 aromatic rings. The Hall–Kier alpha value is -0.0400. The van der Waals surface area contributed by atoms with Crippen molar-refractivity contribution in [3.8, 4) is 0 Å². The van der Waals surface area contributed by atoms with Gasteiger partial charge in [0.2, 0.25) is 0 Å². The van der Waals surface area contributed by atoms with Gasteiger partial charge in [-0.2, -0.15) is 0 Å². The highest BCUT2D eigenvalue weighted by Gasteiger charge is 1.96. The minimum atomic E-state index is 1.25. The molecule has 61 valence electrons. The van der Waals surface area contributed by atoms with E-state index in [4.69, 9.17) is 0 Å². The molecule has 0 atom stereocenters. The van der Waals surface area contributed by atoms with Crippen LogP contribution in [0.5, 0.6) is 0 Å². The van der Waals surface area contributed by atoms with E-state index in [-0.39, 0.29) is 0 Å². The topological polar surface area (TPSA) is 12.0 Å². The summed E-state index contributed by atoms with van der Waals surface area (Å²) in [5, 5.41) is 3.16. The van der Waals surface area contributed by atoms with Crippen LogP contribution in [0.3, 0.4) is 0 Å². The predicted octanol–water partition coefficient (Wildman–Crippen LogP) is 2.73. The molecule has 0 aliphatic heterocycles. The SMILES string of the molecule is CCCCCC[C](C)NC. The molecule has 10 heavy (non-hydrogen) atoms. The van der Waals surface area contributed by atoms with Gasteiger partial charge < -0.3 is 5.32 Å². The zero-order valence-electron chi connectivity index (χ0n) is 7.54. The van der Waals surface area contributed by atoms with Crippen LogP contribution in [-0.4, -0.2) is 7.05 Å². The van der Waals surface area contributed by atoms with Crippen molar-refractivity contribution in [2.75, 3.05) is 7.05 Å². The van der Waals surface area contributed by atoms with Gasteiger partial charge in [0.1, 0.15) is 0 Å². The highest BCUT2D eigenvalue weighted by molar-refractivity contribution is 4.77. The fourth-order valence-corrected chi connectivity index (χ4v) is 0.942. The smallest absolute Gasteiger partial charge is 0.0330 e. The van der Waals surface area contributed by atoms with Gasteiger partial charge in [-0.15, -0.1) is 0 Å². The van der Waals surface area contributed by atoms with Gasteiger partial charge in [0.15, 0.2) is 0 Å². The molecule has 0 spiro atoms. The molecule has 1 radical (unpaired) electrons. The Morgan fingerprint density at radius 2 is 1.90 bits per heavy atom. The van der Waals surface area contributed by atoms with Crippen molar-refractivity contribution in [2.24, 2.45) is 0 Å². The van der Waals surface area contributed by atoms with Crippen molar-refractivity contribution in [2.45, 2.75) is 46.0 Å². The molecule has 0 bridgehead atoms. The first-order valence-electron chi connectivity index (χ1n) is 4.31. The maximum atomic E-state index is 3.16. The lowest BCUT2D eigenvalue weighted by Crippen LogP contribution is -2.11. The molecule has 0 aliphatic carbocycles. The maximum absolute atomic E-state index is 3.16. The fraction of sp³-hybridized carbons (Fsp3) is 0.889. The Kier molecular flexibility index (Phi) is 7.04. The van der Waals surface area contributed by atoms with Crippen molar-refractivity contribution in [3.63, 3.8) is 0 Å². The highest BCUT2D eigenvalue weighted by Crippen LogP contribution is 2.08. The minimum Gasteiger partial charge on any atom is -0.313 e. The molecule has 0 saturated carbocycles. The van der Waals surface area contributed by atoms with Crippen LogP contribution in [0.1, 0.15) is 46.0 Å². The van der Waals surface area contributed by atoms with Crippen molar-refractivity contribution >= 4 is 0 Å². The fourth-order valence-electron chi connectivity index (χ4n) is 0.942. The van der Waals surface area contributed by atoms with Gasteiger partial charge in [-0.1, -0.05) is 32.6 Å². The van der Waals surface area contributed by atoms with Crippen molar-refractivity contribution < 1.29 is 0 Å². The van der Waals surface area contributed by atoms with Crippen LogP contribution in [0.15, 0.2) is 0 Å². The van der Waals surface area contributed by atoms with Crippen LogP contribution in [0.25, 0.3) is 0 Å². The van der Waals surface area contributed by atoms with Crippen LogP contribution >= 0.6 is 0 Å². The summed E-state index contributed by atoms with van der Waals surface area (Å²) in [7, 11) is 2.00. The third kappa shape index (κ3) is 6.09. The Labute approximate surface area is 65.2 Å². The monoisotopic (exact) mass is 142 g/mol. The zero-order chi connectivity index (χ0) is 7.82. The van der Waals surface area contributed by atoms with Gasteiger partial charge in [0.25, 0.3) is 0 Å². The predicted molar refractivity (Wildman–Crippen MR) is 46.7 cm³/mol. The molecule has 0 saturated heterocycles. The van der Waals surface area contributed by atoms with E-state index in [0.29, 0.717) is 0 Å². The largest absolute Gasteiger partial charge is 0.313 e. The average molecular weight is 142 g/mol. The number of nitrogens with one attached hydrogen (secondary N) is 1. The highest BCUT2D eigenvalue weighted by atomic mass is 14.8. The van der Waals surface area contributed by atoms with Gasteiger partial charge >= 0.3 is 0 Å². The third-order valence-electron chi connectivity index (χ3n) is 1.83. The molecule has 0 aliphatic rings. The standard InChI is InChI=1S/C9H20N/c1-4-5-6-7-8-9(2)10-3/h10H,4-8H2,1-3H3. The summed E-state index contributed by atoms with van der Waals surface area (Å²) >= 11 is 0. The summed E-state index contributed by atoms with van der Waals surface area (Å²) in [6.07, 6.45) is 6.70. The number of unbranched alkanes of at least 4 members (excludes halogenated alkanes) is 3. The van der Waals surface area contributed by atoms with E-state index in [1.54, 1.807) is 0 Å². The Balaban J connectivity index is 2.89. The molecular weight excluding hydrogens is 122 g/mol. The summed E-state index contributed by atoms with van der Waals surface area (Å²) in [4.78, 5) is 0. The van der Waals surface area contributed by atoms with E-state index in [0.717, 1.165) is 0 Å². The second-order valence-electron chi connectivity index (χ2n) is 2.84. The van der Waals surface area contributed by atoms with Crippen molar-refractivity contribution in [3.05, 3.63) is 6.04 Å². The zero-order valence-corrected chi connectivity index (χ0v) is 7.54. The molecule has 1 heteroatoms. The van der Waals surface area contributed by atoms with E-state index in [1.165, 1.54) is 38.1 Å². The summed E-state index contributed by atoms with van der Waals surface area (Å²) in [6.45, 7) is 4.40. The van der Waals surface area contributed by atoms with Gasteiger partial charge in [-0.05, 0) is 20.4 Å². The van der Waals surface area contributed by atoms with Gasteiger partial charge in [-0.25, -0.2) is 0 Å². The van der Waals surface area contributed by atoms with E-state index in [9.17, 15) is 0 Å². The van der Waals surface area contributed by atoms with Crippen molar-refractivity contribution in [1.82, 2.24) is 5.32 Å². The molecule has 0 aromatic carbocycles. The molecule has 0 unspecified atom stereocenters. The maximum Gasteiger partial charge on any atom is 0.0330 e. The second-order valence-corrected chi connectivity index (χ2v) is 2.84. The molecule has 0 amide bonds. The molecular formula is C9H20N. The molecule has 0 aromatic heterocycles. The summed E-state index contributed by atoms with van der Waals surface area (Å²) in [6, 6.07) is 1.41. The van der Waals surface area contributed by atoms with E-state index in [1.807, 2.05) is 7.05 Å². The second kappa shape index (κ2) is 7.07. The number of hydrogen-bond acceptors (Lipinski definition) is 1. The van der Waals surface area contributed by atoms with E-state index < -0.39 is 0 Å². The Morgan fingerprint density at radius 3 is 2.40 bits per heavy atom. The quantitative estimate of drug-likeness (QED) is 0.562. The van der Waals surface area contributed by atoms with E-state index in [2.05, 4.69) is 19.2 Å². The molecule has 0 heterocycles. The van der Waals surface area contributed by atoms with Crippen LogP contribution < -0.4 is 5.32 Å². The van der Waals surface area contributed by atoms with Crippen LogP contribution in [0.2, 0.25) is 0 Å². The number of rotatable bonds is 6. The summed E-state index contributed by atoms with van der Waals surface area (Å²) in [5.41, 5.74) is 0. The Bertz CT molecular complexity index is 61.7. The van der Waals surface area contributed by atoms with Crippen LogP contribution in [0, 0.1) is 6.04 Å². The lowest BCUT2D eigenvalue weighted by molar-refractivity contribution is 0.606. The molecule has 0 rings (SSSR count). The molecule has 0 fully saturated rings. The number of hydrogen-bond donors (Lipinski definition) is 1.